The Balaban J connectivity index is 2.42. The maximum Gasteiger partial charge on any atom is 0.222 e. The number of rotatable bonds is 1. The first kappa shape index (κ1) is 7.66. The fourth-order valence-corrected chi connectivity index (χ4v) is 0.805. The Morgan fingerprint density at radius 2 is 1.85 bits per heavy atom. The lowest BCUT2D eigenvalue weighted by Crippen LogP contribution is -1.99. The molecule has 6 nitrogen and oxygen atoms in total. The normalized spacial score (nSPS) is 9.92. The summed E-state index contributed by atoms with van der Waals surface area (Å²) >= 11 is 0. The van der Waals surface area contributed by atoms with Crippen molar-refractivity contribution in [3.8, 4) is 11.5 Å². The minimum Gasteiger partial charge on any atom is -0.245 e. The second kappa shape index (κ2) is 3.18. The highest BCUT2D eigenvalue weighted by Crippen LogP contribution is 2.05. The van der Waals surface area contributed by atoms with Crippen LogP contribution in [0.2, 0.25) is 0 Å². The molecule has 0 aliphatic carbocycles. The molecule has 0 aliphatic rings. The van der Waals surface area contributed by atoms with Crippen molar-refractivity contribution >= 4 is 0 Å². The van der Waals surface area contributed by atoms with Gasteiger partial charge in [-0.25, -0.2) is 9.97 Å². The van der Waals surface area contributed by atoms with Crippen LogP contribution in [0.25, 0.3) is 11.5 Å². The van der Waals surface area contributed by atoms with E-state index in [2.05, 4.69) is 30.4 Å². The van der Waals surface area contributed by atoms with E-state index < -0.39 is 0 Å². The highest BCUT2D eigenvalue weighted by Gasteiger charge is 2.02. The molecule has 0 radical (unpaired) electrons. The quantitative estimate of drug-likeness (QED) is 0.607. The third kappa shape index (κ3) is 1.61. The Labute approximate surface area is 74.1 Å². The molecule has 64 valence electrons. The van der Waals surface area contributed by atoms with Crippen LogP contribution in [0.5, 0.6) is 0 Å². The molecule has 0 fully saturated rings. The third-order valence-electron chi connectivity index (χ3n) is 1.39. The van der Waals surface area contributed by atoms with E-state index in [0.717, 1.165) is 0 Å². The Kier molecular flexibility index (Phi) is 1.87. The topological polar surface area (TPSA) is 77.3 Å². The molecule has 0 aliphatic heterocycles. The molecule has 13 heavy (non-hydrogen) atoms. The predicted octanol–water partition coefficient (Wildman–Crippen LogP) is 0.0320. The average molecular weight is 174 g/mol. The summed E-state index contributed by atoms with van der Waals surface area (Å²) in [5.41, 5.74) is 0.620. The largest absolute Gasteiger partial charge is 0.245 e. The molecule has 2 rings (SSSR count). The second-order valence-corrected chi connectivity index (χ2v) is 2.37. The van der Waals surface area contributed by atoms with E-state index >= 15 is 0 Å². The lowest BCUT2D eigenvalue weighted by Gasteiger charge is -1.94. The van der Waals surface area contributed by atoms with Crippen molar-refractivity contribution in [2.75, 3.05) is 0 Å². The Bertz CT molecular complexity index is 383. The van der Waals surface area contributed by atoms with Crippen LogP contribution < -0.4 is 0 Å². The van der Waals surface area contributed by atoms with Crippen LogP contribution >= 0.6 is 0 Å². The van der Waals surface area contributed by atoms with Crippen molar-refractivity contribution in [1.29, 1.82) is 0 Å². The second-order valence-electron chi connectivity index (χ2n) is 2.37. The predicted molar refractivity (Wildman–Crippen MR) is 43.4 cm³/mol. The molecule has 0 N–H and O–H groups in total. The monoisotopic (exact) mass is 174 g/mol. The third-order valence-corrected chi connectivity index (χ3v) is 1.39. The van der Waals surface area contributed by atoms with Gasteiger partial charge >= 0.3 is 0 Å². The summed E-state index contributed by atoms with van der Waals surface area (Å²) in [6.07, 6.45) is 3.05. The van der Waals surface area contributed by atoms with Gasteiger partial charge in [-0.1, -0.05) is 0 Å². The SMILES string of the molecule is Cc1nnc(-c2ccncn2)nn1. The summed E-state index contributed by atoms with van der Waals surface area (Å²) in [4.78, 5) is 7.74. The fourth-order valence-electron chi connectivity index (χ4n) is 0.805. The van der Waals surface area contributed by atoms with E-state index in [0.29, 0.717) is 17.3 Å². The maximum absolute atomic E-state index is 3.96. The summed E-state index contributed by atoms with van der Waals surface area (Å²) in [7, 11) is 0. The lowest BCUT2D eigenvalue weighted by atomic mass is 10.4. The molecular formula is C7H6N6. The zero-order valence-electron chi connectivity index (χ0n) is 6.92. The van der Waals surface area contributed by atoms with Crippen molar-refractivity contribution in [2.24, 2.45) is 0 Å². The van der Waals surface area contributed by atoms with E-state index in [-0.39, 0.29) is 0 Å². The van der Waals surface area contributed by atoms with Gasteiger partial charge in [0.1, 0.15) is 12.0 Å². The first-order chi connectivity index (χ1) is 6.36. The maximum atomic E-state index is 3.96. The molecular weight excluding hydrogens is 168 g/mol. The highest BCUT2D eigenvalue weighted by molar-refractivity contribution is 5.45. The van der Waals surface area contributed by atoms with E-state index in [1.54, 1.807) is 19.2 Å². The Hall–Kier alpha value is -1.98. The molecule has 0 amide bonds. The van der Waals surface area contributed by atoms with E-state index in [1.165, 1.54) is 6.33 Å². The molecule has 0 unspecified atom stereocenters. The van der Waals surface area contributed by atoms with E-state index in [9.17, 15) is 0 Å². The van der Waals surface area contributed by atoms with E-state index in [4.69, 9.17) is 0 Å². The number of nitrogens with zero attached hydrogens (tertiary/aromatic N) is 6. The fraction of sp³-hybridized carbons (Fsp3) is 0.143. The molecule has 0 saturated heterocycles. The molecule has 2 aromatic rings. The van der Waals surface area contributed by atoms with Crippen LogP contribution in [0.4, 0.5) is 0 Å². The Morgan fingerprint density at radius 3 is 2.46 bits per heavy atom. The molecule has 0 saturated carbocycles. The van der Waals surface area contributed by atoms with Gasteiger partial charge in [0.2, 0.25) is 5.82 Å². The zero-order chi connectivity index (χ0) is 9.10. The number of aryl methyl sites for hydroxylation is 1. The number of hydrogen-bond acceptors (Lipinski definition) is 6. The van der Waals surface area contributed by atoms with Gasteiger partial charge in [-0.2, -0.15) is 0 Å². The van der Waals surface area contributed by atoms with Crippen LogP contribution in [-0.4, -0.2) is 30.4 Å². The van der Waals surface area contributed by atoms with Crippen LogP contribution in [-0.2, 0) is 0 Å². The summed E-state index contributed by atoms with van der Waals surface area (Å²) in [5, 5.41) is 15.2. The first-order valence-corrected chi connectivity index (χ1v) is 3.66. The van der Waals surface area contributed by atoms with Gasteiger partial charge in [0.05, 0.1) is 0 Å². The average Bonchev–Trinajstić information content (AvgIpc) is 2.20. The molecule has 0 aromatic carbocycles. The van der Waals surface area contributed by atoms with Crippen molar-refractivity contribution < 1.29 is 0 Å². The summed E-state index contributed by atoms with van der Waals surface area (Å²) in [6, 6.07) is 1.70. The van der Waals surface area contributed by atoms with Crippen LogP contribution in [0.3, 0.4) is 0 Å². The molecule has 0 bridgehead atoms. The summed E-state index contributed by atoms with van der Waals surface area (Å²) in [6.45, 7) is 1.73. The smallest absolute Gasteiger partial charge is 0.222 e. The minimum absolute atomic E-state index is 0.410. The first-order valence-electron chi connectivity index (χ1n) is 3.66. The Morgan fingerprint density at radius 1 is 1.08 bits per heavy atom. The molecule has 6 heteroatoms. The minimum atomic E-state index is 0.410. The van der Waals surface area contributed by atoms with Crippen LogP contribution in [0.15, 0.2) is 18.6 Å². The van der Waals surface area contributed by atoms with Gasteiger partial charge < -0.3 is 0 Å². The van der Waals surface area contributed by atoms with Crippen LogP contribution in [0.1, 0.15) is 5.82 Å². The zero-order valence-corrected chi connectivity index (χ0v) is 6.92. The van der Waals surface area contributed by atoms with Gasteiger partial charge in [0, 0.05) is 6.20 Å². The highest BCUT2D eigenvalue weighted by atomic mass is 15.3. The van der Waals surface area contributed by atoms with E-state index in [1.807, 2.05) is 0 Å². The molecule has 0 spiro atoms. The van der Waals surface area contributed by atoms with Gasteiger partial charge in [-0.05, 0) is 13.0 Å². The van der Waals surface area contributed by atoms with Gasteiger partial charge in [0.25, 0.3) is 0 Å². The van der Waals surface area contributed by atoms with Crippen molar-refractivity contribution in [3.63, 3.8) is 0 Å². The lowest BCUT2D eigenvalue weighted by molar-refractivity contribution is 0.811. The van der Waals surface area contributed by atoms with Gasteiger partial charge in [-0.3, -0.25) is 0 Å². The molecule has 0 atom stereocenters. The van der Waals surface area contributed by atoms with Crippen LogP contribution in [0, 0.1) is 6.92 Å². The molecule has 2 aromatic heterocycles. The van der Waals surface area contributed by atoms with Gasteiger partial charge in [0.15, 0.2) is 5.82 Å². The van der Waals surface area contributed by atoms with Crippen molar-refractivity contribution in [2.45, 2.75) is 6.92 Å². The summed E-state index contributed by atoms with van der Waals surface area (Å²) in [5.74, 6) is 0.950. The van der Waals surface area contributed by atoms with Crippen molar-refractivity contribution in [1.82, 2.24) is 30.4 Å². The van der Waals surface area contributed by atoms with Gasteiger partial charge in [-0.15, -0.1) is 20.4 Å². The number of aromatic nitrogens is 6. The standard InChI is InChI=1S/C7H6N6/c1-5-10-12-7(13-11-5)6-2-3-8-4-9-6/h2-4H,1H3. The molecule has 2 heterocycles. The van der Waals surface area contributed by atoms with Crippen molar-refractivity contribution in [3.05, 3.63) is 24.4 Å². The summed E-state index contributed by atoms with van der Waals surface area (Å²) < 4.78 is 0. The number of hydrogen-bond donors (Lipinski definition) is 0.